The number of nitrogens with one attached hydrogen (secondary N) is 2. The number of carbonyl (C=O) groups is 1. The van der Waals surface area contributed by atoms with Crippen molar-refractivity contribution in [2.75, 3.05) is 12.4 Å². The van der Waals surface area contributed by atoms with E-state index in [-0.39, 0.29) is 6.03 Å². The smallest absolute Gasteiger partial charge is 0.320 e. The minimum atomic E-state index is -0.283. The standard InChI is InChI=1S/C13H16N4O2/c1-17-12(7-8-15-17)16-13(18)14-9-10-5-3-4-6-11(10)19-2/h3-8H,9H2,1-2H3,(H2,14,16,18). The third kappa shape index (κ3) is 3.25. The van der Waals surface area contributed by atoms with Crippen LogP contribution < -0.4 is 15.4 Å². The fraction of sp³-hybridized carbons (Fsp3) is 0.231. The summed E-state index contributed by atoms with van der Waals surface area (Å²) in [5, 5.41) is 9.45. The Balaban J connectivity index is 1.92. The van der Waals surface area contributed by atoms with Gasteiger partial charge in [-0.25, -0.2) is 4.79 Å². The molecule has 2 aromatic rings. The lowest BCUT2D eigenvalue weighted by Gasteiger charge is -2.10. The monoisotopic (exact) mass is 260 g/mol. The van der Waals surface area contributed by atoms with Gasteiger partial charge in [-0.05, 0) is 6.07 Å². The summed E-state index contributed by atoms with van der Waals surface area (Å²) in [6, 6.07) is 8.99. The third-order valence-electron chi connectivity index (χ3n) is 2.69. The minimum Gasteiger partial charge on any atom is -0.496 e. The van der Waals surface area contributed by atoms with Crippen molar-refractivity contribution in [1.29, 1.82) is 0 Å². The van der Waals surface area contributed by atoms with Crippen LogP contribution in [0.3, 0.4) is 0 Å². The molecule has 0 spiro atoms. The highest BCUT2D eigenvalue weighted by atomic mass is 16.5. The molecule has 0 fully saturated rings. The average Bonchev–Trinajstić information content (AvgIpc) is 2.82. The Bertz CT molecular complexity index is 565. The molecule has 2 amide bonds. The Morgan fingerprint density at radius 2 is 2.16 bits per heavy atom. The van der Waals surface area contributed by atoms with E-state index in [0.29, 0.717) is 12.4 Å². The van der Waals surface area contributed by atoms with Crippen LogP contribution in [0.2, 0.25) is 0 Å². The molecule has 1 heterocycles. The maximum absolute atomic E-state index is 11.7. The van der Waals surface area contributed by atoms with Crippen molar-refractivity contribution in [1.82, 2.24) is 15.1 Å². The summed E-state index contributed by atoms with van der Waals surface area (Å²) in [5.41, 5.74) is 0.921. The first-order valence-corrected chi connectivity index (χ1v) is 5.85. The van der Waals surface area contributed by atoms with Gasteiger partial charge in [-0.1, -0.05) is 18.2 Å². The molecule has 1 aromatic carbocycles. The quantitative estimate of drug-likeness (QED) is 0.880. The first-order chi connectivity index (χ1) is 9.20. The summed E-state index contributed by atoms with van der Waals surface area (Å²) in [7, 11) is 3.37. The van der Waals surface area contributed by atoms with Crippen molar-refractivity contribution in [3.8, 4) is 5.75 Å². The van der Waals surface area contributed by atoms with Gasteiger partial charge in [0.25, 0.3) is 0 Å². The molecule has 6 nitrogen and oxygen atoms in total. The highest BCUT2D eigenvalue weighted by Gasteiger charge is 2.06. The van der Waals surface area contributed by atoms with Crippen molar-refractivity contribution in [2.24, 2.45) is 7.05 Å². The Labute approximate surface area is 111 Å². The molecule has 0 atom stereocenters. The molecule has 0 saturated heterocycles. The number of para-hydroxylation sites is 1. The summed E-state index contributed by atoms with van der Waals surface area (Å²) in [4.78, 5) is 11.7. The van der Waals surface area contributed by atoms with Crippen LogP contribution in [0.4, 0.5) is 10.6 Å². The molecule has 0 bridgehead atoms. The number of amides is 2. The number of aryl methyl sites for hydroxylation is 1. The fourth-order valence-electron chi connectivity index (χ4n) is 1.68. The van der Waals surface area contributed by atoms with Gasteiger partial charge in [-0.3, -0.25) is 10.00 Å². The summed E-state index contributed by atoms with van der Waals surface area (Å²) in [5.74, 6) is 1.39. The first kappa shape index (κ1) is 12.9. The normalized spacial score (nSPS) is 10.0. The van der Waals surface area contributed by atoms with E-state index in [9.17, 15) is 4.79 Å². The highest BCUT2D eigenvalue weighted by molar-refractivity contribution is 5.88. The van der Waals surface area contributed by atoms with E-state index in [1.165, 1.54) is 0 Å². The Hall–Kier alpha value is -2.50. The van der Waals surface area contributed by atoms with E-state index in [1.54, 1.807) is 31.1 Å². The summed E-state index contributed by atoms with van der Waals surface area (Å²) < 4.78 is 6.80. The molecule has 0 aliphatic heterocycles. The minimum absolute atomic E-state index is 0.283. The van der Waals surface area contributed by atoms with Crippen molar-refractivity contribution >= 4 is 11.8 Å². The Kier molecular flexibility index (Phi) is 4.02. The second-order valence-corrected chi connectivity index (χ2v) is 3.96. The molecule has 2 rings (SSSR count). The van der Waals surface area contributed by atoms with Crippen molar-refractivity contribution in [3.05, 3.63) is 42.1 Å². The Morgan fingerprint density at radius 3 is 2.84 bits per heavy atom. The van der Waals surface area contributed by atoms with Gasteiger partial charge in [0.2, 0.25) is 0 Å². The molecule has 0 aliphatic carbocycles. The molecule has 0 unspecified atom stereocenters. The number of ether oxygens (including phenoxy) is 1. The number of nitrogens with zero attached hydrogens (tertiary/aromatic N) is 2. The van der Waals surface area contributed by atoms with Crippen LogP contribution in [0, 0.1) is 0 Å². The number of rotatable bonds is 4. The second-order valence-electron chi connectivity index (χ2n) is 3.96. The lowest BCUT2D eigenvalue weighted by atomic mass is 10.2. The van der Waals surface area contributed by atoms with Gasteiger partial charge >= 0.3 is 6.03 Å². The molecule has 1 aromatic heterocycles. The molecule has 100 valence electrons. The van der Waals surface area contributed by atoms with Gasteiger partial charge in [0.15, 0.2) is 0 Å². The van der Waals surface area contributed by atoms with Crippen molar-refractivity contribution in [3.63, 3.8) is 0 Å². The molecular weight excluding hydrogens is 244 g/mol. The number of anilines is 1. The second kappa shape index (κ2) is 5.90. The zero-order valence-electron chi connectivity index (χ0n) is 10.9. The Morgan fingerprint density at radius 1 is 1.37 bits per heavy atom. The maximum Gasteiger partial charge on any atom is 0.320 e. The summed E-state index contributed by atoms with van der Waals surface area (Å²) in [6.07, 6.45) is 1.62. The van der Waals surface area contributed by atoms with Gasteiger partial charge in [-0.15, -0.1) is 0 Å². The molecule has 0 saturated carbocycles. The van der Waals surface area contributed by atoms with Gasteiger partial charge in [0, 0.05) is 25.2 Å². The largest absolute Gasteiger partial charge is 0.496 e. The van der Waals surface area contributed by atoms with E-state index in [2.05, 4.69) is 15.7 Å². The number of benzene rings is 1. The van der Waals surface area contributed by atoms with Crippen molar-refractivity contribution in [2.45, 2.75) is 6.54 Å². The zero-order chi connectivity index (χ0) is 13.7. The lowest BCUT2D eigenvalue weighted by Crippen LogP contribution is -2.29. The predicted molar refractivity (Wildman–Crippen MR) is 72.1 cm³/mol. The first-order valence-electron chi connectivity index (χ1n) is 5.85. The SMILES string of the molecule is COc1ccccc1CNC(=O)Nc1ccnn1C. The molecular formula is C13H16N4O2. The van der Waals surface area contributed by atoms with Crippen LogP contribution in [-0.2, 0) is 13.6 Å². The van der Waals surface area contributed by atoms with Crippen molar-refractivity contribution < 1.29 is 9.53 Å². The van der Waals surface area contributed by atoms with E-state index in [4.69, 9.17) is 4.74 Å². The van der Waals surface area contributed by atoms with E-state index < -0.39 is 0 Å². The van der Waals surface area contributed by atoms with Crippen LogP contribution in [0.5, 0.6) is 5.75 Å². The number of methoxy groups -OCH3 is 1. The lowest BCUT2D eigenvalue weighted by molar-refractivity contribution is 0.251. The van der Waals surface area contributed by atoms with Crippen LogP contribution >= 0.6 is 0 Å². The molecule has 6 heteroatoms. The predicted octanol–water partition coefficient (Wildman–Crippen LogP) is 1.75. The third-order valence-corrected chi connectivity index (χ3v) is 2.69. The molecule has 2 N–H and O–H groups in total. The summed E-state index contributed by atoms with van der Waals surface area (Å²) >= 11 is 0. The number of aromatic nitrogens is 2. The molecule has 0 aliphatic rings. The average molecular weight is 260 g/mol. The number of urea groups is 1. The molecule has 0 radical (unpaired) electrons. The van der Waals surface area contributed by atoms with E-state index in [1.807, 2.05) is 24.3 Å². The van der Waals surface area contributed by atoms with Gasteiger partial charge < -0.3 is 10.1 Å². The highest BCUT2D eigenvalue weighted by Crippen LogP contribution is 2.16. The fourth-order valence-corrected chi connectivity index (χ4v) is 1.68. The van der Waals surface area contributed by atoms with E-state index >= 15 is 0 Å². The zero-order valence-corrected chi connectivity index (χ0v) is 10.9. The topological polar surface area (TPSA) is 68.2 Å². The van der Waals surface area contributed by atoms with E-state index in [0.717, 1.165) is 11.3 Å². The number of hydrogen-bond donors (Lipinski definition) is 2. The molecule has 19 heavy (non-hydrogen) atoms. The van der Waals surface area contributed by atoms with Crippen LogP contribution in [-0.4, -0.2) is 22.9 Å². The summed E-state index contributed by atoms with van der Waals surface area (Å²) in [6.45, 7) is 0.397. The maximum atomic E-state index is 11.7. The number of hydrogen-bond acceptors (Lipinski definition) is 3. The number of carbonyl (C=O) groups excluding carboxylic acids is 1. The van der Waals surface area contributed by atoms with Crippen LogP contribution in [0.25, 0.3) is 0 Å². The van der Waals surface area contributed by atoms with Gasteiger partial charge in [0.05, 0.1) is 13.3 Å². The van der Waals surface area contributed by atoms with Gasteiger partial charge in [0.1, 0.15) is 11.6 Å². The van der Waals surface area contributed by atoms with Gasteiger partial charge in [-0.2, -0.15) is 5.10 Å². The van der Waals surface area contributed by atoms with Crippen LogP contribution in [0.15, 0.2) is 36.5 Å². The van der Waals surface area contributed by atoms with Crippen LogP contribution in [0.1, 0.15) is 5.56 Å².